The fraction of sp³-hybridized carbons (Fsp3) is 0.500. The van der Waals surface area contributed by atoms with Gasteiger partial charge in [0.25, 0.3) is 5.91 Å². The molecule has 0 radical (unpaired) electrons. The van der Waals surface area contributed by atoms with Crippen molar-refractivity contribution in [1.82, 2.24) is 4.98 Å². The van der Waals surface area contributed by atoms with Gasteiger partial charge >= 0.3 is 11.9 Å². The van der Waals surface area contributed by atoms with Crippen molar-refractivity contribution < 1.29 is 34.1 Å². The topological polar surface area (TPSA) is 126 Å². The molecule has 136 valence electrons. The number of rotatable bonds is 5. The molecule has 9 heteroatoms. The average Bonchev–Trinajstić information content (AvgIpc) is 2.52. The van der Waals surface area contributed by atoms with Crippen molar-refractivity contribution in [2.75, 3.05) is 18.1 Å². The molecule has 0 spiro atoms. The van der Waals surface area contributed by atoms with E-state index in [0.717, 1.165) is 6.92 Å². The van der Waals surface area contributed by atoms with Gasteiger partial charge in [-0.2, -0.15) is 0 Å². The van der Waals surface area contributed by atoms with Gasteiger partial charge in [0.05, 0.1) is 18.8 Å². The second-order valence-corrected chi connectivity index (χ2v) is 6.09. The van der Waals surface area contributed by atoms with Crippen LogP contribution in [0.3, 0.4) is 0 Å². The van der Waals surface area contributed by atoms with Crippen LogP contribution in [0, 0.1) is 0 Å². The molecule has 1 aromatic rings. The van der Waals surface area contributed by atoms with Gasteiger partial charge in [0.15, 0.2) is 6.10 Å². The fourth-order valence-corrected chi connectivity index (χ4v) is 2.39. The lowest BCUT2D eigenvalue weighted by molar-refractivity contribution is -0.177. The van der Waals surface area contributed by atoms with E-state index in [1.807, 2.05) is 0 Å². The molecule has 2 atom stereocenters. The van der Waals surface area contributed by atoms with Crippen molar-refractivity contribution >= 4 is 23.7 Å². The van der Waals surface area contributed by atoms with Crippen LogP contribution in [0.1, 0.15) is 26.5 Å². The van der Waals surface area contributed by atoms with Gasteiger partial charge in [-0.1, -0.05) is 6.07 Å². The third-order valence-corrected chi connectivity index (χ3v) is 3.57. The first-order valence-electron chi connectivity index (χ1n) is 7.64. The molecular weight excluding hydrogens is 332 g/mol. The van der Waals surface area contributed by atoms with E-state index >= 15 is 0 Å². The number of morpholine rings is 1. The number of aromatic nitrogens is 1. The predicted octanol–water partition coefficient (Wildman–Crippen LogP) is 0.0571. The molecule has 1 saturated heterocycles. The first-order chi connectivity index (χ1) is 11.6. The van der Waals surface area contributed by atoms with Gasteiger partial charge in [-0.15, -0.1) is 0 Å². The highest BCUT2D eigenvalue weighted by atomic mass is 16.6. The number of hydrogen-bond acceptors (Lipinski definition) is 7. The number of carbonyl (C=O) groups is 3. The molecule has 1 amide bonds. The van der Waals surface area contributed by atoms with E-state index in [-0.39, 0.29) is 19.0 Å². The Balaban J connectivity index is 2.30. The van der Waals surface area contributed by atoms with Crippen LogP contribution in [0.2, 0.25) is 0 Å². The second kappa shape index (κ2) is 7.16. The number of pyridine rings is 1. The molecule has 0 bridgehead atoms. The third-order valence-electron chi connectivity index (χ3n) is 3.57. The molecule has 1 aliphatic heterocycles. The normalized spacial score (nSPS) is 19.4. The molecular formula is C16H20N2O7. The number of ether oxygens (including phenoxy) is 2. The number of carboxylic acids is 1. The highest BCUT2D eigenvalue weighted by Gasteiger charge is 2.43. The predicted molar refractivity (Wildman–Crippen MR) is 84.8 cm³/mol. The van der Waals surface area contributed by atoms with Gasteiger partial charge in [0, 0.05) is 6.92 Å². The third kappa shape index (κ3) is 4.31. The van der Waals surface area contributed by atoms with E-state index < -0.39 is 35.7 Å². The SMILES string of the molecule is CC(=O)OC(C(=O)O)[C@H]1OCCN(c2cccc(C(C)(C)O)n2)C1=O. The van der Waals surface area contributed by atoms with Crippen molar-refractivity contribution in [3.8, 4) is 0 Å². The number of aliphatic carboxylic acids is 1. The summed E-state index contributed by atoms with van der Waals surface area (Å²) in [5.74, 6) is -2.73. The first-order valence-corrected chi connectivity index (χ1v) is 7.64. The van der Waals surface area contributed by atoms with E-state index in [1.54, 1.807) is 32.0 Å². The smallest absolute Gasteiger partial charge is 0.348 e. The van der Waals surface area contributed by atoms with Crippen LogP contribution in [0.5, 0.6) is 0 Å². The maximum Gasteiger partial charge on any atom is 0.348 e. The zero-order chi connectivity index (χ0) is 18.8. The zero-order valence-corrected chi connectivity index (χ0v) is 14.1. The van der Waals surface area contributed by atoms with Gasteiger partial charge in [0.1, 0.15) is 11.4 Å². The quantitative estimate of drug-likeness (QED) is 0.712. The van der Waals surface area contributed by atoms with E-state index in [2.05, 4.69) is 4.98 Å². The molecule has 0 aromatic carbocycles. The van der Waals surface area contributed by atoms with Crippen LogP contribution in [0.15, 0.2) is 18.2 Å². The summed E-state index contributed by atoms with van der Waals surface area (Å²) in [6.45, 7) is 4.38. The van der Waals surface area contributed by atoms with Crippen LogP contribution >= 0.6 is 0 Å². The molecule has 1 unspecified atom stereocenters. The number of carboxylic acid groups (broad SMARTS) is 1. The molecule has 1 aromatic heterocycles. The minimum Gasteiger partial charge on any atom is -0.478 e. The highest BCUT2D eigenvalue weighted by Crippen LogP contribution is 2.24. The first kappa shape index (κ1) is 18.8. The second-order valence-electron chi connectivity index (χ2n) is 6.09. The minimum absolute atomic E-state index is 0.0515. The summed E-state index contributed by atoms with van der Waals surface area (Å²) in [6, 6.07) is 4.82. The van der Waals surface area contributed by atoms with Crippen LogP contribution in [-0.2, 0) is 29.5 Å². The van der Waals surface area contributed by atoms with E-state index in [4.69, 9.17) is 9.47 Å². The summed E-state index contributed by atoms with van der Waals surface area (Å²) in [5, 5.41) is 19.3. The Hall–Kier alpha value is -2.52. The van der Waals surface area contributed by atoms with Gasteiger partial charge in [0.2, 0.25) is 6.10 Å². The maximum atomic E-state index is 12.7. The minimum atomic E-state index is -1.75. The van der Waals surface area contributed by atoms with E-state index in [1.165, 1.54) is 4.90 Å². The molecule has 25 heavy (non-hydrogen) atoms. The summed E-state index contributed by atoms with van der Waals surface area (Å²) in [4.78, 5) is 40.6. The van der Waals surface area contributed by atoms with Gasteiger partial charge < -0.3 is 19.7 Å². The number of carbonyl (C=O) groups excluding carboxylic acids is 2. The summed E-state index contributed by atoms with van der Waals surface area (Å²) >= 11 is 0. The number of amides is 1. The summed E-state index contributed by atoms with van der Waals surface area (Å²) in [7, 11) is 0. The number of nitrogens with zero attached hydrogens (tertiary/aromatic N) is 2. The Kier molecular flexibility index (Phi) is 5.39. The summed E-state index contributed by atoms with van der Waals surface area (Å²) in [6.07, 6.45) is -3.21. The highest BCUT2D eigenvalue weighted by molar-refractivity contribution is 5.99. The van der Waals surface area contributed by atoms with Crippen molar-refractivity contribution in [2.24, 2.45) is 0 Å². The van der Waals surface area contributed by atoms with Crippen molar-refractivity contribution in [3.05, 3.63) is 23.9 Å². The zero-order valence-electron chi connectivity index (χ0n) is 14.1. The average molecular weight is 352 g/mol. The Bertz CT molecular complexity index is 683. The fourth-order valence-electron chi connectivity index (χ4n) is 2.39. The standard InChI is InChI=1S/C16H20N2O7/c1-9(19)25-13(15(21)22)12-14(20)18(7-8-24-12)11-6-4-5-10(17-11)16(2,3)23/h4-6,12-13,23H,7-8H2,1-3H3,(H,21,22)/t12-,13?/m1/s1. The maximum absolute atomic E-state index is 12.7. The number of aliphatic hydroxyl groups is 1. The molecule has 0 aliphatic carbocycles. The van der Waals surface area contributed by atoms with E-state index in [9.17, 15) is 24.6 Å². The van der Waals surface area contributed by atoms with Gasteiger partial charge in [-0.25, -0.2) is 9.78 Å². The van der Waals surface area contributed by atoms with Crippen LogP contribution < -0.4 is 4.90 Å². The molecule has 9 nitrogen and oxygen atoms in total. The lowest BCUT2D eigenvalue weighted by atomic mass is 10.0. The van der Waals surface area contributed by atoms with Crippen molar-refractivity contribution in [1.29, 1.82) is 0 Å². The van der Waals surface area contributed by atoms with Crippen molar-refractivity contribution in [2.45, 2.75) is 38.6 Å². The van der Waals surface area contributed by atoms with Crippen molar-refractivity contribution in [3.63, 3.8) is 0 Å². The molecule has 2 N–H and O–H groups in total. The Labute approximate surface area is 144 Å². The monoisotopic (exact) mass is 352 g/mol. The molecule has 0 saturated carbocycles. The number of hydrogen-bond donors (Lipinski definition) is 2. The lowest BCUT2D eigenvalue weighted by Gasteiger charge is -2.34. The summed E-state index contributed by atoms with van der Waals surface area (Å²) < 4.78 is 9.95. The van der Waals surface area contributed by atoms with Crippen LogP contribution in [-0.4, -0.2) is 58.4 Å². The molecule has 2 heterocycles. The Morgan fingerprint density at radius 2 is 2.12 bits per heavy atom. The molecule has 1 aliphatic rings. The van der Waals surface area contributed by atoms with E-state index in [0.29, 0.717) is 5.69 Å². The number of esters is 1. The number of anilines is 1. The largest absolute Gasteiger partial charge is 0.478 e. The Morgan fingerprint density at radius 3 is 2.68 bits per heavy atom. The Morgan fingerprint density at radius 1 is 1.44 bits per heavy atom. The molecule has 2 rings (SSSR count). The van der Waals surface area contributed by atoms with Gasteiger partial charge in [-0.05, 0) is 26.0 Å². The summed E-state index contributed by atoms with van der Waals surface area (Å²) in [5.41, 5.74) is -0.845. The van der Waals surface area contributed by atoms with Gasteiger partial charge in [-0.3, -0.25) is 14.5 Å². The van der Waals surface area contributed by atoms with Crippen LogP contribution in [0.25, 0.3) is 0 Å². The molecule has 1 fully saturated rings. The van der Waals surface area contributed by atoms with Crippen LogP contribution in [0.4, 0.5) is 5.82 Å². The lowest BCUT2D eigenvalue weighted by Crippen LogP contribution is -2.56.